The van der Waals surface area contributed by atoms with E-state index in [4.69, 9.17) is 19.1 Å². The van der Waals surface area contributed by atoms with Crippen LogP contribution in [0.25, 0.3) is 0 Å². The summed E-state index contributed by atoms with van der Waals surface area (Å²) in [7, 11) is 0. The van der Waals surface area contributed by atoms with E-state index in [1.165, 1.54) is 21.9 Å². The van der Waals surface area contributed by atoms with Gasteiger partial charge in [-0.2, -0.15) is 0 Å². The van der Waals surface area contributed by atoms with Gasteiger partial charge >= 0.3 is 0 Å². The Labute approximate surface area is 202 Å². The summed E-state index contributed by atoms with van der Waals surface area (Å²) in [6, 6.07) is 1.34. The van der Waals surface area contributed by atoms with Gasteiger partial charge in [-0.1, -0.05) is 30.2 Å². The first-order valence-electron chi connectivity index (χ1n) is 14.3. The Hall–Kier alpha value is -3.23. The summed E-state index contributed by atoms with van der Waals surface area (Å²) in [5.41, 5.74) is -0.153. The van der Waals surface area contributed by atoms with Crippen LogP contribution in [0, 0.1) is 0 Å². The Morgan fingerprint density at radius 1 is 1.12 bits per heavy atom. The second-order valence-corrected chi connectivity index (χ2v) is 7.92. The Morgan fingerprint density at radius 2 is 1.88 bits per heavy atom. The third kappa shape index (κ3) is 4.62. The van der Waals surface area contributed by atoms with Crippen LogP contribution in [0.1, 0.15) is 49.5 Å². The van der Waals surface area contributed by atoms with Crippen molar-refractivity contribution in [2.45, 2.75) is 38.5 Å². The van der Waals surface area contributed by atoms with Crippen LogP contribution in [-0.2, 0) is 34.0 Å². The number of ether oxygens (including phenoxy) is 2. The summed E-state index contributed by atoms with van der Waals surface area (Å²) in [5.74, 6) is -1.31. The molecule has 2 aromatic rings. The van der Waals surface area contributed by atoms with E-state index in [0.29, 0.717) is 5.56 Å². The van der Waals surface area contributed by atoms with Crippen LogP contribution in [0.5, 0.6) is 5.75 Å². The number of fused-ring (bicyclic) bond motifs is 1. The van der Waals surface area contributed by atoms with Crippen LogP contribution in [-0.4, -0.2) is 59.9 Å². The van der Waals surface area contributed by atoms with Crippen LogP contribution in [0.2, 0.25) is 0 Å². The van der Waals surface area contributed by atoms with Crippen LogP contribution in [0.3, 0.4) is 0 Å². The number of rotatable bonds is 6. The van der Waals surface area contributed by atoms with Gasteiger partial charge < -0.3 is 14.4 Å². The number of carbonyl (C=O) groups excluding carboxylic acids is 3. The highest BCUT2D eigenvalue weighted by Crippen LogP contribution is 2.34. The molecule has 8 nitrogen and oxygen atoms in total. The average molecular weight is 457 g/mol. The molecule has 172 valence electrons. The Bertz CT molecular complexity index is 1370. The van der Waals surface area contributed by atoms with Crippen molar-refractivity contribution in [1.82, 2.24) is 15.1 Å². The van der Waals surface area contributed by atoms with Gasteiger partial charge in [0.15, 0.2) is 0 Å². The summed E-state index contributed by atoms with van der Waals surface area (Å²) in [6.07, 6.45) is 0.270. The van der Waals surface area contributed by atoms with Gasteiger partial charge in [-0.15, -0.1) is 0 Å². The van der Waals surface area contributed by atoms with Gasteiger partial charge in [0.25, 0.3) is 5.91 Å². The molecule has 2 unspecified atom stereocenters. The van der Waals surface area contributed by atoms with Crippen molar-refractivity contribution in [2.24, 2.45) is 0 Å². The zero-order chi connectivity index (χ0) is 28.9. The van der Waals surface area contributed by atoms with E-state index in [2.05, 4.69) is 5.32 Å². The third-order valence-corrected chi connectivity index (χ3v) is 5.77. The molecule has 2 aromatic carbocycles. The first-order valence-corrected chi connectivity index (χ1v) is 10.7. The van der Waals surface area contributed by atoms with E-state index in [1.54, 1.807) is 6.07 Å². The fraction of sp³-hybridized carbons (Fsp3) is 0.400. The highest BCUT2D eigenvalue weighted by Gasteiger charge is 2.40. The lowest BCUT2D eigenvalue weighted by Gasteiger charge is -2.29. The highest BCUT2D eigenvalue weighted by atomic mass is 16.5. The quantitative estimate of drug-likeness (QED) is 0.668. The molecule has 3 amide bonds. The first-order chi connectivity index (χ1) is 18.9. The van der Waals surface area contributed by atoms with E-state index in [9.17, 15) is 14.4 Å². The summed E-state index contributed by atoms with van der Waals surface area (Å²) in [5, 5.41) is 2.23. The van der Waals surface area contributed by atoms with Crippen LogP contribution < -0.4 is 10.1 Å². The number of nitrogens with one attached hydrogen (secondary N) is 1. The smallest absolute Gasteiger partial charge is 0.255 e. The van der Waals surface area contributed by atoms with E-state index >= 15 is 0 Å². The monoisotopic (exact) mass is 456 g/mol. The first kappa shape index (κ1) is 14.8. The topological polar surface area (TPSA) is 88.2 Å². The Kier molecular flexibility index (Phi) is 4.19. The van der Waals surface area contributed by atoms with Gasteiger partial charge in [-0.3, -0.25) is 24.6 Å². The number of amides is 3. The molecule has 3 aliphatic heterocycles. The molecule has 0 bridgehead atoms. The summed E-state index contributed by atoms with van der Waals surface area (Å²) < 4.78 is 70.9. The number of nitrogens with zero attached hydrogens (tertiary/aromatic N) is 2. The standard InChI is InChI=1S/C25H27N3O5/c29-23-9-8-21(24(30)26-23)28-15-20-19(25(28)31)2-1-3-22(20)33-16-18-6-4-17(5-7-18)14-27-10-12-32-13-11-27/h1-7,21H,8-16H2,(H,26,29,30)/i4D,5D,6D,7D,14D2,16D. The van der Waals surface area contributed by atoms with Crippen molar-refractivity contribution in [3.8, 4) is 5.75 Å². The Balaban J connectivity index is 1.44. The molecule has 1 N–H and O–H groups in total. The van der Waals surface area contributed by atoms with Crippen LogP contribution in [0.15, 0.2) is 42.4 Å². The largest absolute Gasteiger partial charge is 0.489 e. The maximum atomic E-state index is 13.1. The maximum absolute atomic E-state index is 13.1. The number of hydrogen-bond donors (Lipinski definition) is 1. The van der Waals surface area contributed by atoms with Crippen molar-refractivity contribution in [2.75, 3.05) is 26.3 Å². The molecule has 8 heteroatoms. The maximum Gasteiger partial charge on any atom is 0.255 e. The number of piperidine rings is 1. The lowest BCUT2D eigenvalue weighted by Crippen LogP contribution is -2.52. The van der Waals surface area contributed by atoms with Crippen molar-refractivity contribution in [3.05, 3.63) is 64.6 Å². The SMILES string of the molecule is [2H]c1c([2H])c(C([2H])([2H])N2CCOCC2)c([2H])c([2H])c1C([2H])Oc1cccc2c1CN(C1CCC(=O)NC1=O)C2=O. The van der Waals surface area contributed by atoms with Crippen molar-refractivity contribution in [1.29, 1.82) is 0 Å². The van der Waals surface area contributed by atoms with Crippen LogP contribution in [0.4, 0.5) is 0 Å². The molecular formula is C25H27N3O5. The molecule has 33 heavy (non-hydrogen) atoms. The lowest BCUT2D eigenvalue weighted by molar-refractivity contribution is -0.136. The van der Waals surface area contributed by atoms with Gasteiger partial charge in [0.05, 0.1) is 26.6 Å². The number of benzene rings is 2. The lowest BCUT2D eigenvalue weighted by atomic mass is 10.0. The molecule has 0 radical (unpaired) electrons. The third-order valence-electron chi connectivity index (χ3n) is 5.77. The molecule has 0 aromatic heterocycles. The molecule has 0 spiro atoms. The predicted octanol–water partition coefficient (Wildman–Crippen LogP) is 1.86. The number of carbonyl (C=O) groups is 3. The summed E-state index contributed by atoms with van der Waals surface area (Å²) >= 11 is 0. The van der Waals surface area contributed by atoms with Crippen molar-refractivity contribution < 1.29 is 33.5 Å². The second kappa shape index (κ2) is 9.33. The van der Waals surface area contributed by atoms with Crippen molar-refractivity contribution >= 4 is 17.7 Å². The normalized spacial score (nSPS) is 25.6. The van der Waals surface area contributed by atoms with E-state index in [1.807, 2.05) is 0 Å². The van der Waals surface area contributed by atoms with E-state index in [-0.39, 0.29) is 62.6 Å². The highest BCUT2D eigenvalue weighted by molar-refractivity contribution is 6.05. The summed E-state index contributed by atoms with van der Waals surface area (Å²) in [6.45, 7) is -3.08. The summed E-state index contributed by atoms with van der Waals surface area (Å²) in [4.78, 5) is 39.7. The zero-order valence-corrected chi connectivity index (χ0v) is 17.8. The average Bonchev–Trinajstić information content (AvgIpc) is 3.25. The van der Waals surface area contributed by atoms with Gasteiger partial charge in [-0.05, 0) is 29.7 Å². The van der Waals surface area contributed by atoms with E-state index < -0.39 is 66.6 Å². The molecule has 0 aliphatic carbocycles. The predicted molar refractivity (Wildman–Crippen MR) is 119 cm³/mol. The fourth-order valence-corrected chi connectivity index (χ4v) is 4.06. The minimum absolute atomic E-state index is 0.0170. The molecule has 3 heterocycles. The number of imide groups is 1. The molecule has 0 saturated carbocycles. The van der Waals surface area contributed by atoms with Crippen molar-refractivity contribution in [3.63, 3.8) is 0 Å². The van der Waals surface area contributed by atoms with Gasteiger partial charge in [0, 0.05) is 39.9 Å². The molecular weight excluding hydrogens is 422 g/mol. The van der Waals surface area contributed by atoms with Crippen LogP contribution >= 0.6 is 0 Å². The Morgan fingerprint density at radius 3 is 2.64 bits per heavy atom. The molecule has 3 aliphatic rings. The number of morpholine rings is 1. The molecule has 2 fully saturated rings. The molecule has 2 atom stereocenters. The van der Waals surface area contributed by atoms with Gasteiger partial charge in [0.2, 0.25) is 11.8 Å². The molecule has 2 saturated heterocycles. The zero-order valence-electron chi connectivity index (χ0n) is 24.8. The second-order valence-electron chi connectivity index (χ2n) is 7.92. The van der Waals surface area contributed by atoms with E-state index in [0.717, 1.165) is 0 Å². The molecule has 5 rings (SSSR count). The minimum Gasteiger partial charge on any atom is -0.489 e. The number of hydrogen-bond acceptors (Lipinski definition) is 6. The minimum atomic E-state index is -2.31. The van der Waals surface area contributed by atoms with Gasteiger partial charge in [0.1, 0.15) is 18.4 Å². The fourth-order valence-electron chi connectivity index (χ4n) is 4.06. The van der Waals surface area contributed by atoms with Gasteiger partial charge in [-0.25, -0.2) is 0 Å².